The van der Waals surface area contributed by atoms with Crippen molar-refractivity contribution in [3.63, 3.8) is 0 Å². The van der Waals surface area contributed by atoms with Crippen LogP contribution in [0.3, 0.4) is 0 Å². The zero-order valence-corrected chi connectivity index (χ0v) is 14.0. The number of nitrogens with zero attached hydrogens (tertiary/aromatic N) is 5. The van der Waals surface area contributed by atoms with Crippen molar-refractivity contribution in [3.8, 4) is 0 Å². The van der Waals surface area contributed by atoms with Gasteiger partial charge in [-0.15, -0.1) is 0 Å². The summed E-state index contributed by atoms with van der Waals surface area (Å²) >= 11 is 0. The number of aromatic nitrogens is 5. The predicted molar refractivity (Wildman–Crippen MR) is 86.0 cm³/mol. The molecule has 0 saturated carbocycles. The predicted octanol–water partition coefficient (Wildman–Crippen LogP) is 0.453. The fourth-order valence-corrected chi connectivity index (χ4v) is 3.00. The van der Waals surface area contributed by atoms with Gasteiger partial charge in [0.05, 0.1) is 6.04 Å². The first-order valence-electron chi connectivity index (χ1n) is 7.34. The summed E-state index contributed by atoms with van der Waals surface area (Å²) < 4.78 is 5.95. The number of imidazole rings is 2. The van der Waals surface area contributed by atoms with Gasteiger partial charge in [0.15, 0.2) is 16.9 Å². The van der Waals surface area contributed by atoms with E-state index in [0.717, 1.165) is 16.0 Å². The van der Waals surface area contributed by atoms with Crippen molar-refractivity contribution >= 4 is 22.7 Å². The highest BCUT2D eigenvalue weighted by molar-refractivity contribution is 5.82. The largest absolute Gasteiger partial charge is 0.332 e. The molecule has 1 atom stereocenters. The first-order chi connectivity index (χ1) is 10.7. The molecule has 0 amide bonds. The number of ketones is 1. The third-order valence-corrected chi connectivity index (χ3v) is 4.65. The van der Waals surface area contributed by atoms with Crippen LogP contribution in [0.4, 0.5) is 0 Å². The minimum absolute atomic E-state index is 0.000512. The molecule has 0 aliphatic heterocycles. The van der Waals surface area contributed by atoms with E-state index in [-0.39, 0.29) is 5.78 Å². The van der Waals surface area contributed by atoms with Crippen molar-refractivity contribution in [3.05, 3.63) is 32.2 Å². The Morgan fingerprint density at radius 1 is 1.09 bits per heavy atom. The van der Waals surface area contributed by atoms with Crippen LogP contribution in [0.5, 0.6) is 0 Å². The highest BCUT2D eigenvalue weighted by atomic mass is 16.2. The van der Waals surface area contributed by atoms with E-state index in [1.165, 1.54) is 18.5 Å². The molecule has 0 aromatic carbocycles. The van der Waals surface area contributed by atoms with Crippen LogP contribution >= 0.6 is 0 Å². The van der Waals surface area contributed by atoms with Crippen molar-refractivity contribution in [2.45, 2.75) is 33.7 Å². The van der Waals surface area contributed by atoms with Gasteiger partial charge in [0.2, 0.25) is 5.78 Å². The lowest BCUT2D eigenvalue weighted by Gasteiger charge is -2.12. The van der Waals surface area contributed by atoms with Crippen molar-refractivity contribution in [1.82, 2.24) is 23.1 Å². The van der Waals surface area contributed by atoms with E-state index in [4.69, 9.17) is 0 Å². The molecule has 8 heteroatoms. The van der Waals surface area contributed by atoms with Gasteiger partial charge in [-0.3, -0.25) is 23.1 Å². The molecule has 3 rings (SSSR count). The van der Waals surface area contributed by atoms with Crippen molar-refractivity contribution < 1.29 is 4.79 Å². The van der Waals surface area contributed by atoms with E-state index in [0.29, 0.717) is 16.9 Å². The molecule has 0 unspecified atom stereocenters. The summed E-state index contributed by atoms with van der Waals surface area (Å²) in [4.78, 5) is 41.0. The maximum absolute atomic E-state index is 12.6. The van der Waals surface area contributed by atoms with E-state index in [1.807, 2.05) is 18.4 Å². The van der Waals surface area contributed by atoms with Crippen LogP contribution in [0, 0.1) is 13.8 Å². The lowest BCUT2D eigenvalue weighted by Crippen LogP contribution is -2.37. The zero-order chi connectivity index (χ0) is 17.2. The Morgan fingerprint density at radius 3 is 2.26 bits per heavy atom. The van der Waals surface area contributed by atoms with Crippen molar-refractivity contribution in [1.29, 1.82) is 0 Å². The van der Waals surface area contributed by atoms with Crippen LogP contribution in [0.25, 0.3) is 16.9 Å². The molecule has 0 bridgehead atoms. The fraction of sp³-hybridized carbons (Fsp3) is 0.467. The second-order valence-electron chi connectivity index (χ2n) is 5.95. The average molecular weight is 317 g/mol. The summed E-state index contributed by atoms with van der Waals surface area (Å²) in [6, 6.07) is -0.399. The van der Waals surface area contributed by atoms with E-state index < -0.39 is 17.3 Å². The Hall–Kier alpha value is -2.64. The Bertz CT molecular complexity index is 1090. The van der Waals surface area contributed by atoms with E-state index in [2.05, 4.69) is 4.98 Å². The maximum atomic E-state index is 12.6. The van der Waals surface area contributed by atoms with Gasteiger partial charge in [0.25, 0.3) is 5.56 Å². The van der Waals surface area contributed by atoms with Crippen molar-refractivity contribution in [2.75, 3.05) is 0 Å². The van der Waals surface area contributed by atoms with Gasteiger partial charge >= 0.3 is 5.69 Å². The smallest absolute Gasteiger partial charge is 0.304 e. The fourth-order valence-electron chi connectivity index (χ4n) is 3.00. The minimum Gasteiger partial charge on any atom is -0.304 e. The summed E-state index contributed by atoms with van der Waals surface area (Å²) in [6.07, 6.45) is 0. The normalized spacial score (nSPS) is 13.1. The van der Waals surface area contributed by atoms with Crippen LogP contribution in [-0.4, -0.2) is 28.9 Å². The van der Waals surface area contributed by atoms with Gasteiger partial charge in [0.1, 0.15) is 0 Å². The highest BCUT2D eigenvalue weighted by Gasteiger charge is 2.24. The van der Waals surface area contributed by atoms with Crippen LogP contribution in [0.2, 0.25) is 0 Å². The minimum atomic E-state index is -0.427. The first kappa shape index (κ1) is 15.3. The molecule has 8 nitrogen and oxygen atoms in total. The topological polar surface area (TPSA) is 83.3 Å². The molecule has 3 heterocycles. The molecule has 23 heavy (non-hydrogen) atoms. The molecule has 0 spiro atoms. The lowest BCUT2D eigenvalue weighted by molar-refractivity contribution is -0.119. The molecule has 3 aromatic heterocycles. The summed E-state index contributed by atoms with van der Waals surface area (Å²) in [7, 11) is 3.03. The molecule has 0 aliphatic carbocycles. The zero-order valence-electron chi connectivity index (χ0n) is 14.0. The number of hydrogen-bond donors (Lipinski definition) is 0. The van der Waals surface area contributed by atoms with Gasteiger partial charge in [0, 0.05) is 25.5 Å². The summed E-state index contributed by atoms with van der Waals surface area (Å²) in [6.45, 7) is 7.08. The molecule has 0 radical (unpaired) electrons. The number of fused-ring (bicyclic) bond motifs is 3. The van der Waals surface area contributed by atoms with Crippen LogP contribution in [-0.2, 0) is 18.9 Å². The van der Waals surface area contributed by atoms with E-state index >= 15 is 0 Å². The van der Waals surface area contributed by atoms with Gasteiger partial charge in [-0.2, -0.15) is 4.98 Å². The molecule has 0 fully saturated rings. The number of hydrogen-bond acceptors (Lipinski definition) is 4. The molecule has 3 aromatic rings. The first-order valence-corrected chi connectivity index (χ1v) is 7.34. The summed E-state index contributed by atoms with van der Waals surface area (Å²) in [5.74, 6) is 0.496. The molecular weight excluding hydrogens is 298 g/mol. The molecule has 122 valence electrons. The number of carbonyl (C=O) groups is 1. The third-order valence-electron chi connectivity index (χ3n) is 4.65. The van der Waals surface area contributed by atoms with Gasteiger partial charge in [-0.1, -0.05) is 0 Å². The van der Waals surface area contributed by atoms with Gasteiger partial charge < -0.3 is 4.57 Å². The van der Waals surface area contributed by atoms with E-state index in [9.17, 15) is 14.4 Å². The average Bonchev–Trinajstić information content (AvgIpc) is 2.99. The standard InChI is InChI=1S/C15H19N5O3/c1-7-8(2)20-11-12(17(5)15(23)18(6)13(11)22)16-14(20)19(7)9(3)10(4)21/h9H,1-6H3/t9-/m1/s1. The molecule has 0 N–H and O–H groups in total. The van der Waals surface area contributed by atoms with Gasteiger partial charge in [-0.25, -0.2) is 4.79 Å². The Morgan fingerprint density at radius 2 is 1.70 bits per heavy atom. The van der Waals surface area contributed by atoms with Crippen LogP contribution < -0.4 is 11.2 Å². The second kappa shape index (κ2) is 4.68. The quantitative estimate of drug-likeness (QED) is 0.687. The third kappa shape index (κ3) is 1.77. The van der Waals surface area contributed by atoms with Gasteiger partial charge in [-0.05, 0) is 27.7 Å². The Labute approximate surface area is 131 Å². The summed E-state index contributed by atoms with van der Waals surface area (Å²) in [5.41, 5.74) is 1.54. The molecule has 0 saturated heterocycles. The maximum Gasteiger partial charge on any atom is 0.332 e. The number of Topliss-reactive ketones (excluding diaryl/α,β-unsaturated/α-hetero) is 1. The SMILES string of the molecule is CC(=O)[C@@H](C)n1c(C)c(C)n2c3c(=O)n(C)c(=O)n(C)c3nc12. The number of aryl methyl sites for hydroxylation is 2. The lowest BCUT2D eigenvalue weighted by atomic mass is 10.2. The van der Waals surface area contributed by atoms with Crippen LogP contribution in [0.1, 0.15) is 31.3 Å². The highest BCUT2D eigenvalue weighted by Crippen LogP contribution is 2.24. The van der Waals surface area contributed by atoms with E-state index in [1.54, 1.807) is 18.4 Å². The van der Waals surface area contributed by atoms with Crippen LogP contribution in [0.15, 0.2) is 9.59 Å². The Balaban J connectivity index is 2.63. The number of carbonyl (C=O) groups excluding carboxylic acids is 1. The number of rotatable bonds is 2. The Kier molecular flexibility index (Phi) is 3.10. The molecule has 0 aliphatic rings. The second-order valence-corrected chi connectivity index (χ2v) is 5.95. The van der Waals surface area contributed by atoms with Crippen molar-refractivity contribution in [2.24, 2.45) is 14.1 Å². The molecular formula is C15H19N5O3. The summed E-state index contributed by atoms with van der Waals surface area (Å²) in [5, 5.41) is 0. The monoisotopic (exact) mass is 317 g/mol.